The number of fused-ring (bicyclic) bond motifs is 1. The molecule has 8 nitrogen and oxygen atoms in total. The van der Waals surface area contributed by atoms with Crippen molar-refractivity contribution in [3.8, 4) is 16.9 Å². The molecule has 1 aromatic heterocycles. The Labute approximate surface area is 207 Å². The number of aliphatic carboxylic acids is 2. The number of ether oxygens (including phenoxy) is 1. The second-order valence-electron chi connectivity index (χ2n) is 9.45. The highest BCUT2D eigenvalue weighted by atomic mass is 19.1. The lowest BCUT2D eigenvalue weighted by Crippen LogP contribution is -2.11. The lowest BCUT2D eigenvalue weighted by Gasteiger charge is -2.19. The van der Waals surface area contributed by atoms with Gasteiger partial charge in [0.15, 0.2) is 6.61 Å². The van der Waals surface area contributed by atoms with Crippen LogP contribution in [0.2, 0.25) is 0 Å². The van der Waals surface area contributed by atoms with E-state index < -0.39 is 24.5 Å². The molecule has 36 heavy (non-hydrogen) atoms. The molecule has 1 saturated carbocycles. The molecule has 3 atom stereocenters. The van der Waals surface area contributed by atoms with E-state index in [0.717, 1.165) is 27.8 Å². The minimum absolute atomic E-state index is 0.0938. The summed E-state index contributed by atoms with van der Waals surface area (Å²) in [5.74, 6) is -1.63. The number of rotatable bonds is 8. The molecule has 0 saturated heterocycles. The van der Waals surface area contributed by atoms with Crippen LogP contribution in [0.4, 0.5) is 10.2 Å². The van der Waals surface area contributed by atoms with E-state index in [0.29, 0.717) is 42.1 Å². The average molecular weight is 492 g/mol. The lowest BCUT2D eigenvalue weighted by atomic mass is 9.90. The fourth-order valence-corrected chi connectivity index (χ4v) is 5.25. The maximum Gasteiger partial charge on any atom is 0.341 e. The van der Waals surface area contributed by atoms with Crippen molar-refractivity contribution >= 4 is 17.8 Å². The first-order valence-electron chi connectivity index (χ1n) is 11.8. The van der Waals surface area contributed by atoms with Crippen molar-refractivity contribution < 1.29 is 28.9 Å². The number of nitrogens with zero attached hydrogens (tertiary/aromatic N) is 2. The van der Waals surface area contributed by atoms with Gasteiger partial charge in [0.1, 0.15) is 17.4 Å². The van der Waals surface area contributed by atoms with E-state index in [1.165, 1.54) is 6.07 Å². The summed E-state index contributed by atoms with van der Waals surface area (Å²) in [6, 6.07) is 6.62. The van der Waals surface area contributed by atoms with Gasteiger partial charge >= 0.3 is 11.9 Å². The second-order valence-corrected chi connectivity index (χ2v) is 9.45. The number of benzene rings is 2. The van der Waals surface area contributed by atoms with E-state index in [1.54, 1.807) is 30.6 Å². The van der Waals surface area contributed by atoms with Crippen LogP contribution in [0.25, 0.3) is 11.1 Å². The second kappa shape index (κ2) is 9.22. The summed E-state index contributed by atoms with van der Waals surface area (Å²) in [6.45, 7) is 3.45. The zero-order valence-electron chi connectivity index (χ0n) is 19.9. The number of aryl methyl sites for hydroxylation is 2. The third-order valence-electron chi connectivity index (χ3n) is 6.95. The Morgan fingerprint density at radius 2 is 1.89 bits per heavy atom. The molecular weight excluding hydrogens is 465 g/mol. The number of hydrogen-bond acceptors (Lipinski definition) is 6. The summed E-state index contributed by atoms with van der Waals surface area (Å²) in [6.07, 6.45) is 5.13. The Morgan fingerprint density at radius 1 is 1.14 bits per heavy atom. The third-order valence-corrected chi connectivity index (χ3v) is 6.95. The molecule has 3 aromatic rings. The minimum atomic E-state index is -1.04. The topological polar surface area (TPSA) is 122 Å². The van der Waals surface area contributed by atoms with Crippen LogP contribution in [-0.2, 0) is 16.0 Å². The van der Waals surface area contributed by atoms with Gasteiger partial charge in [-0.05, 0) is 79.1 Å². The number of carboxylic acid groups (broad SMARTS) is 2. The molecule has 2 aliphatic carbocycles. The quantitative estimate of drug-likeness (QED) is 0.416. The standard InChI is InChI=1S/C27H26FN3O5/c1-13-7-15(36-12-24(32)33)8-14(2)25(13)16-3-5-20(28)26-17(16)4-6-21(26)31-23-11-29-22(10-30-23)18-9-19(18)27(34)35/h3,5,7-8,10-11,18-19,21H,4,6,9,12H2,1-2H3,(H,30,31)(H,32,33)(H,34,35)/t18-,19-,21+/m0/s1. The highest BCUT2D eigenvalue weighted by molar-refractivity contribution is 5.77. The van der Waals surface area contributed by atoms with Crippen LogP contribution < -0.4 is 10.1 Å². The number of halogens is 1. The molecule has 0 amide bonds. The smallest absolute Gasteiger partial charge is 0.341 e. The van der Waals surface area contributed by atoms with Gasteiger partial charge < -0.3 is 20.3 Å². The average Bonchev–Trinajstić information content (AvgIpc) is 3.53. The first-order chi connectivity index (χ1) is 17.2. The summed E-state index contributed by atoms with van der Waals surface area (Å²) in [7, 11) is 0. The molecule has 0 bridgehead atoms. The number of hydrogen-bond donors (Lipinski definition) is 3. The molecule has 2 aliphatic rings. The first kappa shape index (κ1) is 23.7. The largest absolute Gasteiger partial charge is 0.482 e. The monoisotopic (exact) mass is 491 g/mol. The highest BCUT2D eigenvalue weighted by Crippen LogP contribution is 2.47. The van der Waals surface area contributed by atoms with Gasteiger partial charge in [0, 0.05) is 11.5 Å². The molecule has 0 spiro atoms. The molecule has 3 N–H and O–H groups in total. The van der Waals surface area contributed by atoms with Crippen molar-refractivity contribution in [2.45, 2.75) is 45.1 Å². The fourth-order valence-electron chi connectivity index (χ4n) is 5.25. The van der Waals surface area contributed by atoms with E-state index in [2.05, 4.69) is 15.3 Å². The number of nitrogens with one attached hydrogen (secondary N) is 1. The molecular formula is C27H26FN3O5. The Balaban J connectivity index is 1.39. The molecule has 5 rings (SSSR count). The van der Waals surface area contributed by atoms with Crippen molar-refractivity contribution in [3.05, 3.63) is 70.4 Å². The van der Waals surface area contributed by atoms with Crippen LogP contribution in [0.3, 0.4) is 0 Å². The predicted molar refractivity (Wildman–Crippen MR) is 130 cm³/mol. The number of carbonyl (C=O) groups is 2. The van der Waals surface area contributed by atoms with Gasteiger partial charge in [0.25, 0.3) is 0 Å². The van der Waals surface area contributed by atoms with Crippen molar-refractivity contribution in [1.29, 1.82) is 0 Å². The zero-order chi connectivity index (χ0) is 25.6. The summed E-state index contributed by atoms with van der Waals surface area (Å²) >= 11 is 0. The van der Waals surface area contributed by atoms with Gasteiger partial charge in [-0.15, -0.1) is 0 Å². The molecule has 0 unspecified atom stereocenters. The van der Waals surface area contributed by atoms with Gasteiger partial charge in [-0.25, -0.2) is 14.2 Å². The maximum absolute atomic E-state index is 15.1. The summed E-state index contributed by atoms with van der Waals surface area (Å²) < 4.78 is 20.4. The van der Waals surface area contributed by atoms with Gasteiger partial charge in [-0.1, -0.05) is 6.07 Å². The van der Waals surface area contributed by atoms with Crippen molar-refractivity contribution in [3.63, 3.8) is 0 Å². The van der Waals surface area contributed by atoms with Crippen LogP contribution >= 0.6 is 0 Å². The van der Waals surface area contributed by atoms with Crippen LogP contribution in [0.1, 0.15) is 52.7 Å². The van der Waals surface area contributed by atoms with E-state index in [-0.39, 0.29) is 17.8 Å². The van der Waals surface area contributed by atoms with Crippen LogP contribution in [0.5, 0.6) is 5.75 Å². The van der Waals surface area contributed by atoms with E-state index in [1.807, 2.05) is 13.8 Å². The third kappa shape index (κ3) is 4.48. The number of carboxylic acids is 2. The molecule has 0 radical (unpaired) electrons. The lowest BCUT2D eigenvalue weighted by molar-refractivity contribution is -0.140. The first-order valence-corrected chi connectivity index (χ1v) is 11.8. The highest BCUT2D eigenvalue weighted by Gasteiger charge is 2.45. The van der Waals surface area contributed by atoms with Crippen LogP contribution in [0, 0.1) is 25.6 Å². The Bertz CT molecular complexity index is 1340. The van der Waals surface area contributed by atoms with Crippen LogP contribution in [-0.4, -0.2) is 38.7 Å². The van der Waals surface area contributed by atoms with E-state index in [4.69, 9.17) is 14.9 Å². The minimum Gasteiger partial charge on any atom is -0.482 e. The number of aromatic nitrogens is 2. The predicted octanol–water partition coefficient (Wildman–Crippen LogP) is 4.65. The SMILES string of the molecule is Cc1cc(OCC(=O)O)cc(C)c1-c1ccc(F)c2c1CC[C@H]2Nc1cnc([C@H]2C[C@@H]2C(=O)O)cn1. The summed E-state index contributed by atoms with van der Waals surface area (Å²) in [5.41, 5.74) is 5.97. The van der Waals surface area contributed by atoms with Gasteiger partial charge in [-0.3, -0.25) is 9.78 Å². The fraction of sp³-hybridized carbons (Fsp3) is 0.333. The maximum atomic E-state index is 15.1. The Kier molecular flexibility index (Phi) is 6.07. The molecule has 186 valence electrons. The number of anilines is 1. The molecule has 1 heterocycles. The normalized spacial score (nSPS) is 20.0. The summed E-state index contributed by atoms with van der Waals surface area (Å²) in [5, 5.41) is 21.3. The van der Waals surface area contributed by atoms with Crippen molar-refractivity contribution in [2.24, 2.45) is 5.92 Å². The van der Waals surface area contributed by atoms with Crippen LogP contribution in [0.15, 0.2) is 36.7 Å². The van der Waals surface area contributed by atoms with Gasteiger partial charge in [-0.2, -0.15) is 0 Å². The molecule has 9 heteroatoms. The summed E-state index contributed by atoms with van der Waals surface area (Å²) in [4.78, 5) is 30.7. The van der Waals surface area contributed by atoms with Gasteiger partial charge in [0.05, 0.1) is 30.0 Å². The Morgan fingerprint density at radius 3 is 2.50 bits per heavy atom. The van der Waals surface area contributed by atoms with Crippen molar-refractivity contribution in [2.75, 3.05) is 11.9 Å². The van der Waals surface area contributed by atoms with Crippen molar-refractivity contribution in [1.82, 2.24) is 9.97 Å². The van der Waals surface area contributed by atoms with E-state index in [9.17, 15) is 9.59 Å². The van der Waals surface area contributed by atoms with Gasteiger partial charge in [0.2, 0.25) is 0 Å². The Hall–Kier alpha value is -4.01. The molecule has 1 fully saturated rings. The molecule has 0 aliphatic heterocycles. The molecule has 2 aromatic carbocycles. The van der Waals surface area contributed by atoms with E-state index >= 15 is 4.39 Å². The zero-order valence-corrected chi connectivity index (χ0v) is 19.9.